The summed E-state index contributed by atoms with van der Waals surface area (Å²) in [5.41, 5.74) is 9.38. The van der Waals surface area contributed by atoms with Crippen LogP contribution in [0.15, 0.2) is 59.6 Å². The molecule has 7 rings (SSSR count). The summed E-state index contributed by atoms with van der Waals surface area (Å²) in [4.78, 5) is 4.86. The Morgan fingerprint density at radius 3 is 2.06 bits per heavy atom. The molecular weight excluding hydrogens is 400 g/mol. The predicted molar refractivity (Wildman–Crippen MR) is 138 cm³/mol. The molecule has 0 N–H and O–H groups in total. The van der Waals surface area contributed by atoms with E-state index in [9.17, 15) is 0 Å². The van der Waals surface area contributed by atoms with Crippen molar-refractivity contribution >= 4 is 11.9 Å². The van der Waals surface area contributed by atoms with Gasteiger partial charge in [-0.25, -0.2) is 0 Å². The zero-order valence-corrected chi connectivity index (χ0v) is 20.3. The van der Waals surface area contributed by atoms with Crippen LogP contribution in [0.4, 0.5) is 5.69 Å². The molecule has 4 aliphatic carbocycles. The molecule has 2 nitrogen and oxygen atoms in total. The van der Waals surface area contributed by atoms with Crippen molar-refractivity contribution in [1.82, 2.24) is 4.57 Å². The van der Waals surface area contributed by atoms with Crippen LogP contribution >= 0.6 is 0 Å². The van der Waals surface area contributed by atoms with Crippen LogP contribution in [0.1, 0.15) is 73.5 Å². The monoisotopic (exact) mass is 436 g/mol. The second-order valence-electron chi connectivity index (χ2n) is 11.2. The van der Waals surface area contributed by atoms with Crippen molar-refractivity contribution in [3.63, 3.8) is 0 Å². The number of aliphatic imine (C=N–C) groups is 1. The minimum atomic E-state index is 0.467. The molecule has 2 aromatic carbocycles. The molecule has 4 saturated carbocycles. The molecule has 0 radical (unpaired) electrons. The van der Waals surface area contributed by atoms with E-state index in [1.807, 2.05) is 6.21 Å². The van der Waals surface area contributed by atoms with Gasteiger partial charge in [0.1, 0.15) is 0 Å². The lowest BCUT2D eigenvalue weighted by molar-refractivity contribution is -0.00518. The van der Waals surface area contributed by atoms with Crippen LogP contribution in [0, 0.1) is 31.6 Å². The molecule has 4 aliphatic rings. The van der Waals surface area contributed by atoms with Gasteiger partial charge in [0.15, 0.2) is 0 Å². The summed E-state index contributed by atoms with van der Waals surface area (Å²) in [6.45, 7) is 6.57. The molecule has 2 heteroatoms. The van der Waals surface area contributed by atoms with Crippen molar-refractivity contribution in [3.8, 4) is 5.69 Å². The molecule has 0 aliphatic heterocycles. The Morgan fingerprint density at radius 1 is 0.879 bits per heavy atom. The minimum Gasteiger partial charge on any atom is -0.318 e. The van der Waals surface area contributed by atoms with E-state index < -0.39 is 0 Å². The van der Waals surface area contributed by atoms with E-state index in [0.717, 1.165) is 29.9 Å². The van der Waals surface area contributed by atoms with Crippen molar-refractivity contribution in [2.45, 2.75) is 71.1 Å². The highest BCUT2D eigenvalue weighted by Crippen LogP contribution is 2.60. The highest BCUT2D eigenvalue weighted by molar-refractivity contribution is 5.84. The number of rotatable bonds is 5. The van der Waals surface area contributed by atoms with E-state index in [1.54, 1.807) is 5.56 Å². The third-order valence-electron chi connectivity index (χ3n) is 8.94. The van der Waals surface area contributed by atoms with Crippen LogP contribution in [-0.4, -0.2) is 10.8 Å². The van der Waals surface area contributed by atoms with Crippen LogP contribution < -0.4 is 0 Å². The lowest BCUT2D eigenvalue weighted by atomic mass is 9.48. The van der Waals surface area contributed by atoms with Gasteiger partial charge >= 0.3 is 0 Å². The van der Waals surface area contributed by atoms with Crippen LogP contribution in [0.3, 0.4) is 0 Å². The van der Waals surface area contributed by atoms with Crippen molar-refractivity contribution < 1.29 is 0 Å². The minimum absolute atomic E-state index is 0.467. The Bertz CT molecular complexity index is 1140. The summed E-state index contributed by atoms with van der Waals surface area (Å²) in [7, 11) is 0. The van der Waals surface area contributed by atoms with Gasteiger partial charge in [0.25, 0.3) is 0 Å². The fraction of sp³-hybridized carbons (Fsp3) is 0.452. The van der Waals surface area contributed by atoms with Crippen LogP contribution in [0.25, 0.3) is 5.69 Å². The topological polar surface area (TPSA) is 17.3 Å². The first-order chi connectivity index (χ1) is 16.0. The van der Waals surface area contributed by atoms with E-state index in [4.69, 9.17) is 4.99 Å². The lowest BCUT2D eigenvalue weighted by Gasteiger charge is -2.57. The molecule has 33 heavy (non-hydrogen) atoms. The van der Waals surface area contributed by atoms with Gasteiger partial charge in [0, 0.05) is 28.9 Å². The van der Waals surface area contributed by atoms with Crippen LogP contribution in [-0.2, 0) is 11.8 Å². The normalized spacial score (nSPS) is 28.2. The maximum Gasteiger partial charge on any atom is 0.0630 e. The molecule has 4 bridgehead atoms. The molecular formula is C31H36N2. The molecule has 0 unspecified atom stereocenters. The van der Waals surface area contributed by atoms with E-state index in [1.165, 1.54) is 66.7 Å². The van der Waals surface area contributed by atoms with Crippen molar-refractivity contribution in [2.24, 2.45) is 22.7 Å². The van der Waals surface area contributed by atoms with Gasteiger partial charge < -0.3 is 4.57 Å². The summed E-state index contributed by atoms with van der Waals surface area (Å²) >= 11 is 0. The Kier molecular flexibility index (Phi) is 5.09. The number of nitrogens with zero attached hydrogens (tertiary/aromatic N) is 2. The maximum atomic E-state index is 4.86. The van der Waals surface area contributed by atoms with Crippen molar-refractivity contribution in [2.75, 3.05) is 0 Å². The molecule has 1 heterocycles. The maximum absolute atomic E-state index is 4.86. The van der Waals surface area contributed by atoms with Gasteiger partial charge in [0.05, 0.1) is 5.69 Å². The molecule has 0 spiro atoms. The SMILES string of the molecule is CCc1ccc(-n2c(C)cc(C=Nc3ccc(C45CC6CC(CC(C6)C4)C5)cc3)c2C)cc1. The third-order valence-corrected chi connectivity index (χ3v) is 8.94. The second-order valence-corrected chi connectivity index (χ2v) is 11.2. The number of hydrogen-bond donors (Lipinski definition) is 0. The summed E-state index contributed by atoms with van der Waals surface area (Å²) in [5, 5.41) is 0. The number of aryl methyl sites for hydroxylation is 2. The summed E-state index contributed by atoms with van der Waals surface area (Å²) < 4.78 is 2.33. The van der Waals surface area contributed by atoms with Gasteiger partial charge in [-0.1, -0.05) is 31.2 Å². The zero-order valence-electron chi connectivity index (χ0n) is 20.3. The van der Waals surface area contributed by atoms with E-state index in [-0.39, 0.29) is 0 Å². The molecule has 0 amide bonds. The number of hydrogen-bond acceptors (Lipinski definition) is 1. The first kappa shape index (κ1) is 21.0. The highest BCUT2D eigenvalue weighted by atomic mass is 15.0. The Morgan fingerprint density at radius 2 is 1.48 bits per heavy atom. The Labute approximate surface area is 198 Å². The second kappa shape index (κ2) is 8.01. The Hall–Kier alpha value is -2.61. The van der Waals surface area contributed by atoms with Crippen LogP contribution in [0.2, 0.25) is 0 Å². The summed E-state index contributed by atoms with van der Waals surface area (Å²) in [6, 6.07) is 20.4. The number of aromatic nitrogens is 1. The fourth-order valence-electron chi connectivity index (χ4n) is 7.71. The van der Waals surface area contributed by atoms with E-state index in [2.05, 4.69) is 79.9 Å². The molecule has 3 aromatic rings. The van der Waals surface area contributed by atoms with Gasteiger partial charge in [-0.15, -0.1) is 0 Å². The summed E-state index contributed by atoms with van der Waals surface area (Å²) in [5.74, 6) is 2.96. The zero-order chi connectivity index (χ0) is 22.6. The third kappa shape index (κ3) is 3.68. The lowest BCUT2D eigenvalue weighted by Crippen LogP contribution is -2.48. The predicted octanol–water partition coefficient (Wildman–Crippen LogP) is 7.87. The first-order valence-corrected chi connectivity index (χ1v) is 13.0. The first-order valence-electron chi connectivity index (χ1n) is 13.0. The van der Waals surface area contributed by atoms with Gasteiger partial charge in [-0.3, -0.25) is 4.99 Å². The smallest absolute Gasteiger partial charge is 0.0630 e. The molecule has 1 aromatic heterocycles. The van der Waals surface area contributed by atoms with Gasteiger partial charge in [-0.05, 0) is 123 Å². The average Bonchev–Trinajstić information content (AvgIpc) is 3.10. The standard InChI is InChI=1S/C31H36N2/c1-4-23-5-11-30(12-6-23)33-21(2)13-27(22(33)3)20-32-29-9-7-28(8-10-29)31-17-24-14-25(18-31)16-26(15-24)19-31/h5-13,20,24-26H,4,14-19H2,1-3H3. The largest absolute Gasteiger partial charge is 0.318 e. The van der Waals surface area contributed by atoms with Gasteiger partial charge in [0.2, 0.25) is 0 Å². The number of benzene rings is 2. The molecule has 4 fully saturated rings. The molecule has 0 saturated heterocycles. The van der Waals surface area contributed by atoms with E-state index >= 15 is 0 Å². The fourth-order valence-corrected chi connectivity index (χ4v) is 7.71. The van der Waals surface area contributed by atoms with Gasteiger partial charge in [-0.2, -0.15) is 0 Å². The average molecular weight is 437 g/mol. The molecule has 170 valence electrons. The highest BCUT2D eigenvalue weighted by Gasteiger charge is 2.51. The quantitative estimate of drug-likeness (QED) is 0.362. The van der Waals surface area contributed by atoms with Crippen molar-refractivity contribution in [1.29, 1.82) is 0 Å². The summed E-state index contributed by atoms with van der Waals surface area (Å²) in [6.07, 6.45) is 11.9. The molecule has 0 atom stereocenters. The van der Waals surface area contributed by atoms with Crippen molar-refractivity contribution in [3.05, 3.63) is 82.7 Å². The Balaban J connectivity index is 1.22. The van der Waals surface area contributed by atoms with E-state index in [0.29, 0.717) is 5.41 Å². The van der Waals surface area contributed by atoms with Crippen LogP contribution in [0.5, 0.6) is 0 Å².